The van der Waals surface area contributed by atoms with Crippen molar-refractivity contribution < 1.29 is 4.79 Å². The second-order valence-electron chi connectivity index (χ2n) is 7.35. The van der Waals surface area contributed by atoms with E-state index in [4.69, 9.17) is 5.73 Å². The summed E-state index contributed by atoms with van der Waals surface area (Å²) in [4.78, 5) is 15.0. The molecule has 1 fully saturated rings. The smallest absolute Gasteiger partial charge is 0.231 e. The van der Waals surface area contributed by atoms with Crippen molar-refractivity contribution in [1.29, 1.82) is 0 Å². The fourth-order valence-electron chi connectivity index (χ4n) is 3.38. The molecule has 116 valence electrons. The summed E-state index contributed by atoms with van der Waals surface area (Å²) < 4.78 is 0. The summed E-state index contributed by atoms with van der Waals surface area (Å²) in [5.41, 5.74) is 7.94. The van der Waals surface area contributed by atoms with Crippen LogP contribution in [0.3, 0.4) is 0 Å². The van der Waals surface area contributed by atoms with Gasteiger partial charge in [-0.05, 0) is 48.4 Å². The molecule has 2 N–H and O–H groups in total. The van der Waals surface area contributed by atoms with Crippen molar-refractivity contribution in [3.05, 3.63) is 29.8 Å². The largest absolute Gasteiger partial charge is 0.330 e. The monoisotopic (exact) mass is 288 g/mol. The molecule has 3 nitrogen and oxygen atoms in total. The summed E-state index contributed by atoms with van der Waals surface area (Å²) in [7, 11) is 0. The molecular formula is C18H28N2O. The summed E-state index contributed by atoms with van der Waals surface area (Å²) in [5, 5.41) is 0. The highest BCUT2D eigenvalue weighted by molar-refractivity contribution is 5.98. The lowest BCUT2D eigenvalue weighted by Gasteiger charge is -2.24. The Morgan fingerprint density at radius 2 is 1.86 bits per heavy atom. The SMILES string of the molecule is Cc1cccc(N(CCCN)C(=O)C2C(C)(C)C2(C)C)c1. The molecule has 0 aromatic heterocycles. The van der Waals surface area contributed by atoms with Crippen LogP contribution >= 0.6 is 0 Å². The molecule has 0 radical (unpaired) electrons. The summed E-state index contributed by atoms with van der Waals surface area (Å²) >= 11 is 0. The predicted octanol–water partition coefficient (Wildman–Crippen LogP) is 3.36. The van der Waals surface area contributed by atoms with Gasteiger partial charge in [-0.2, -0.15) is 0 Å². The van der Waals surface area contributed by atoms with Gasteiger partial charge in [-0.1, -0.05) is 39.8 Å². The van der Waals surface area contributed by atoms with Gasteiger partial charge in [0.2, 0.25) is 5.91 Å². The van der Waals surface area contributed by atoms with Crippen LogP contribution in [0.2, 0.25) is 0 Å². The first-order valence-corrected chi connectivity index (χ1v) is 7.81. The number of anilines is 1. The van der Waals surface area contributed by atoms with Crippen molar-refractivity contribution in [3.63, 3.8) is 0 Å². The van der Waals surface area contributed by atoms with Crippen LogP contribution in [0.4, 0.5) is 5.69 Å². The van der Waals surface area contributed by atoms with Crippen molar-refractivity contribution in [2.24, 2.45) is 22.5 Å². The van der Waals surface area contributed by atoms with Crippen molar-refractivity contribution in [1.82, 2.24) is 0 Å². The van der Waals surface area contributed by atoms with Crippen LogP contribution in [0.15, 0.2) is 24.3 Å². The maximum absolute atomic E-state index is 13.0. The Bertz CT molecular complexity index is 520. The Hall–Kier alpha value is -1.35. The van der Waals surface area contributed by atoms with Crippen LogP contribution in [0, 0.1) is 23.7 Å². The lowest BCUT2D eigenvalue weighted by atomic mass is 10.0. The zero-order valence-corrected chi connectivity index (χ0v) is 13.9. The van der Waals surface area contributed by atoms with Crippen LogP contribution < -0.4 is 10.6 Å². The van der Waals surface area contributed by atoms with Crippen LogP contribution in [-0.2, 0) is 4.79 Å². The molecule has 3 heteroatoms. The second kappa shape index (κ2) is 5.45. The minimum absolute atomic E-state index is 0.0644. The maximum Gasteiger partial charge on any atom is 0.231 e. The number of carbonyl (C=O) groups is 1. The summed E-state index contributed by atoms with van der Waals surface area (Å²) in [6, 6.07) is 8.16. The number of hydrogen-bond donors (Lipinski definition) is 1. The Morgan fingerprint density at radius 1 is 1.24 bits per heavy atom. The standard InChI is InChI=1S/C18H28N2O/c1-13-8-6-9-14(12-13)20(11-7-10-19)16(21)15-17(2,3)18(15,4)5/h6,8-9,12,15H,7,10-11,19H2,1-5H3. The van der Waals surface area contributed by atoms with E-state index in [1.807, 2.05) is 17.0 Å². The molecule has 1 aliphatic rings. The van der Waals surface area contributed by atoms with Gasteiger partial charge >= 0.3 is 0 Å². The number of aryl methyl sites for hydroxylation is 1. The highest BCUT2D eigenvalue weighted by Crippen LogP contribution is 2.68. The van der Waals surface area contributed by atoms with Crippen molar-refractivity contribution in [2.45, 2.75) is 41.0 Å². The third-order valence-corrected chi connectivity index (χ3v) is 5.43. The van der Waals surface area contributed by atoms with Crippen molar-refractivity contribution in [2.75, 3.05) is 18.0 Å². The Labute approximate surface area is 128 Å². The average molecular weight is 288 g/mol. The van der Waals surface area contributed by atoms with Gasteiger partial charge in [0.05, 0.1) is 0 Å². The first kappa shape index (κ1) is 16.0. The zero-order valence-electron chi connectivity index (χ0n) is 13.9. The van der Waals surface area contributed by atoms with E-state index in [1.54, 1.807) is 0 Å². The molecule has 0 unspecified atom stereocenters. The van der Waals surface area contributed by atoms with E-state index in [1.165, 1.54) is 5.56 Å². The third-order valence-electron chi connectivity index (χ3n) is 5.43. The number of benzene rings is 1. The van der Waals surface area contributed by atoms with Gasteiger partial charge in [-0.25, -0.2) is 0 Å². The minimum atomic E-state index is 0.0644. The maximum atomic E-state index is 13.0. The molecule has 1 saturated carbocycles. The number of nitrogens with zero attached hydrogens (tertiary/aromatic N) is 1. The molecule has 0 aliphatic heterocycles. The van der Waals surface area contributed by atoms with Gasteiger partial charge in [-0.3, -0.25) is 4.79 Å². The molecule has 0 spiro atoms. The van der Waals surface area contributed by atoms with Gasteiger partial charge in [-0.15, -0.1) is 0 Å². The van der Waals surface area contributed by atoms with Crippen LogP contribution in [0.25, 0.3) is 0 Å². The highest BCUT2D eigenvalue weighted by Gasteiger charge is 2.68. The van der Waals surface area contributed by atoms with E-state index in [9.17, 15) is 4.79 Å². The van der Waals surface area contributed by atoms with Crippen molar-refractivity contribution >= 4 is 11.6 Å². The third kappa shape index (κ3) is 2.71. The lowest BCUT2D eigenvalue weighted by molar-refractivity contribution is -0.120. The molecule has 0 bridgehead atoms. The fourth-order valence-corrected chi connectivity index (χ4v) is 3.38. The number of nitrogens with two attached hydrogens (primary N) is 1. The first-order valence-electron chi connectivity index (χ1n) is 7.81. The quantitative estimate of drug-likeness (QED) is 0.903. The highest BCUT2D eigenvalue weighted by atomic mass is 16.2. The lowest BCUT2D eigenvalue weighted by Crippen LogP contribution is -2.35. The molecule has 2 rings (SSSR count). The zero-order chi connectivity index (χ0) is 15.8. The van der Waals surface area contributed by atoms with E-state index in [0.29, 0.717) is 13.1 Å². The molecule has 0 saturated heterocycles. The van der Waals surface area contributed by atoms with E-state index >= 15 is 0 Å². The fraction of sp³-hybridized carbons (Fsp3) is 0.611. The van der Waals surface area contributed by atoms with E-state index < -0.39 is 0 Å². The normalized spacial score (nSPS) is 19.3. The van der Waals surface area contributed by atoms with Gasteiger partial charge in [0.15, 0.2) is 0 Å². The van der Waals surface area contributed by atoms with E-state index in [2.05, 4.69) is 46.8 Å². The number of carbonyl (C=O) groups excluding carboxylic acids is 1. The van der Waals surface area contributed by atoms with E-state index in [-0.39, 0.29) is 22.7 Å². The Morgan fingerprint density at radius 3 is 2.33 bits per heavy atom. The predicted molar refractivity (Wildman–Crippen MR) is 88.3 cm³/mol. The molecule has 0 heterocycles. The summed E-state index contributed by atoms with van der Waals surface area (Å²) in [6.45, 7) is 12.1. The average Bonchev–Trinajstić information content (AvgIpc) is 2.80. The number of amides is 1. The van der Waals surface area contributed by atoms with Crippen molar-refractivity contribution in [3.8, 4) is 0 Å². The number of rotatable bonds is 5. The first-order chi connectivity index (χ1) is 9.73. The minimum Gasteiger partial charge on any atom is -0.330 e. The molecule has 1 aliphatic carbocycles. The molecule has 1 aromatic carbocycles. The van der Waals surface area contributed by atoms with Gasteiger partial charge in [0.25, 0.3) is 0 Å². The van der Waals surface area contributed by atoms with Crippen LogP contribution in [0.1, 0.15) is 39.7 Å². The Kier molecular flexibility index (Phi) is 4.16. The van der Waals surface area contributed by atoms with E-state index in [0.717, 1.165) is 12.1 Å². The van der Waals surface area contributed by atoms with Gasteiger partial charge in [0.1, 0.15) is 0 Å². The molecule has 21 heavy (non-hydrogen) atoms. The van der Waals surface area contributed by atoms with Gasteiger partial charge < -0.3 is 10.6 Å². The summed E-state index contributed by atoms with van der Waals surface area (Å²) in [6.07, 6.45) is 0.827. The summed E-state index contributed by atoms with van der Waals surface area (Å²) in [5.74, 6) is 0.326. The topological polar surface area (TPSA) is 46.3 Å². The number of hydrogen-bond acceptors (Lipinski definition) is 2. The van der Waals surface area contributed by atoms with Gasteiger partial charge in [0, 0.05) is 18.2 Å². The molecule has 0 atom stereocenters. The van der Waals surface area contributed by atoms with Crippen LogP contribution in [-0.4, -0.2) is 19.0 Å². The van der Waals surface area contributed by atoms with Crippen LogP contribution in [0.5, 0.6) is 0 Å². The molecule has 1 amide bonds. The second-order valence-corrected chi connectivity index (χ2v) is 7.35. The molecule has 1 aromatic rings. The Balaban J connectivity index is 2.27. The molecular weight excluding hydrogens is 260 g/mol.